The fourth-order valence-corrected chi connectivity index (χ4v) is 2.44. The quantitative estimate of drug-likeness (QED) is 0.411. The highest BCUT2D eigenvalue weighted by Crippen LogP contribution is 2.31. The maximum absolute atomic E-state index is 3.60. The molecule has 0 aromatic carbocycles. The lowest BCUT2D eigenvalue weighted by atomic mass is 9.77. The molecule has 1 rings (SSSR count). The molecule has 1 fully saturated rings. The molecule has 0 amide bonds. The van der Waals surface area contributed by atoms with Crippen LogP contribution in [-0.2, 0) is 0 Å². The lowest BCUT2D eigenvalue weighted by Gasteiger charge is -2.27. The highest BCUT2D eigenvalue weighted by Gasteiger charge is 2.23. The van der Waals surface area contributed by atoms with Gasteiger partial charge >= 0.3 is 0 Å². The highest BCUT2D eigenvalue weighted by molar-refractivity contribution is 5.11. The summed E-state index contributed by atoms with van der Waals surface area (Å²) in [7, 11) is 0. The van der Waals surface area contributed by atoms with E-state index < -0.39 is 0 Å². The Morgan fingerprint density at radius 3 is 2.22 bits per heavy atom. The van der Waals surface area contributed by atoms with Crippen molar-refractivity contribution in [2.75, 3.05) is 0 Å². The van der Waals surface area contributed by atoms with Gasteiger partial charge in [-0.2, -0.15) is 0 Å². The fraction of sp³-hybridized carbons (Fsp3) is 0.889. The lowest BCUT2D eigenvalue weighted by molar-refractivity contribution is 0.280. The Kier molecular flexibility index (Phi) is 6.83. The molecule has 1 atom stereocenters. The van der Waals surface area contributed by atoms with Crippen LogP contribution in [0.4, 0.5) is 0 Å². The number of rotatable bonds is 6. The van der Waals surface area contributed by atoms with Gasteiger partial charge in [0.1, 0.15) is 0 Å². The van der Waals surface area contributed by atoms with Gasteiger partial charge in [0.2, 0.25) is 0 Å². The minimum atomic E-state index is 0.349. The van der Waals surface area contributed by atoms with Crippen molar-refractivity contribution in [3.05, 3.63) is 0 Å². The zero-order chi connectivity index (χ0) is 13.4. The molecule has 1 unspecified atom stereocenters. The first-order valence-electron chi connectivity index (χ1n) is 8.05. The summed E-state index contributed by atoms with van der Waals surface area (Å²) in [5.74, 6) is 8.46. The Hall–Kier alpha value is -0.440. The van der Waals surface area contributed by atoms with Gasteiger partial charge in [-0.3, -0.25) is 0 Å². The molecule has 0 nitrogen and oxygen atoms in total. The van der Waals surface area contributed by atoms with Crippen molar-refractivity contribution in [2.24, 2.45) is 17.3 Å². The second-order valence-electron chi connectivity index (χ2n) is 7.04. The van der Waals surface area contributed by atoms with Crippen LogP contribution < -0.4 is 0 Å². The molecule has 0 N–H and O–H groups in total. The highest BCUT2D eigenvalue weighted by atomic mass is 14.3. The van der Waals surface area contributed by atoms with Gasteiger partial charge in [0, 0.05) is 11.8 Å². The summed E-state index contributed by atoms with van der Waals surface area (Å²) in [5.41, 5.74) is 0.349. The summed E-state index contributed by atoms with van der Waals surface area (Å²) in [6, 6.07) is 0. The molecule has 0 aromatic heterocycles. The Morgan fingerprint density at radius 1 is 1.06 bits per heavy atom. The van der Waals surface area contributed by atoms with Crippen LogP contribution in [0, 0.1) is 29.1 Å². The van der Waals surface area contributed by atoms with E-state index in [-0.39, 0.29) is 0 Å². The van der Waals surface area contributed by atoms with Crippen LogP contribution in [0.5, 0.6) is 0 Å². The molecule has 0 saturated heterocycles. The minimum Gasteiger partial charge on any atom is -0.0996 e. The second kappa shape index (κ2) is 7.88. The lowest BCUT2D eigenvalue weighted by Crippen LogP contribution is -2.19. The summed E-state index contributed by atoms with van der Waals surface area (Å²) >= 11 is 0. The van der Waals surface area contributed by atoms with Crippen LogP contribution in [-0.4, -0.2) is 0 Å². The molecule has 1 aliphatic carbocycles. The monoisotopic (exact) mass is 248 g/mol. The second-order valence-corrected chi connectivity index (χ2v) is 7.04. The van der Waals surface area contributed by atoms with Crippen LogP contribution in [0.2, 0.25) is 0 Å². The number of hydrogen-bond donors (Lipinski definition) is 0. The van der Waals surface area contributed by atoms with Gasteiger partial charge in [-0.15, -0.1) is 0 Å². The van der Waals surface area contributed by atoms with E-state index in [1.165, 1.54) is 57.8 Å². The first kappa shape index (κ1) is 15.6. The predicted molar refractivity (Wildman–Crippen MR) is 81.4 cm³/mol. The van der Waals surface area contributed by atoms with Crippen LogP contribution >= 0.6 is 0 Å². The number of hydrogen-bond acceptors (Lipinski definition) is 0. The Balaban J connectivity index is 2.33. The van der Waals surface area contributed by atoms with Crippen molar-refractivity contribution < 1.29 is 0 Å². The van der Waals surface area contributed by atoms with Crippen molar-refractivity contribution in [1.82, 2.24) is 0 Å². The molecule has 0 bridgehead atoms. The standard InChI is InChI=1S/C18H32/c1-5-6-7-8-9-13-17(18(2,3)4)15-14-16-11-10-12-16/h16-17H,5-13H2,1-4H3. The van der Waals surface area contributed by atoms with Crippen molar-refractivity contribution in [3.63, 3.8) is 0 Å². The molecule has 0 radical (unpaired) electrons. The molecule has 0 heterocycles. The van der Waals surface area contributed by atoms with E-state index >= 15 is 0 Å². The zero-order valence-electron chi connectivity index (χ0n) is 13.0. The molecule has 0 heteroatoms. The van der Waals surface area contributed by atoms with Crippen molar-refractivity contribution >= 4 is 0 Å². The largest absolute Gasteiger partial charge is 0.0996 e. The third-order valence-electron chi connectivity index (χ3n) is 4.21. The van der Waals surface area contributed by atoms with E-state index in [9.17, 15) is 0 Å². The van der Waals surface area contributed by atoms with Gasteiger partial charge in [-0.25, -0.2) is 0 Å². The molecular formula is C18H32. The van der Waals surface area contributed by atoms with Gasteiger partial charge < -0.3 is 0 Å². The molecule has 0 spiro atoms. The SMILES string of the molecule is CCCCCCCC(C#CC1CCC1)C(C)(C)C. The van der Waals surface area contributed by atoms with E-state index in [0.29, 0.717) is 11.3 Å². The van der Waals surface area contributed by atoms with Crippen LogP contribution in [0.3, 0.4) is 0 Å². The summed E-state index contributed by atoms with van der Waals surface area (Å²) < 4.78 is 0. The van der Waals surface area contributed by atoms with E-state index in [0.717, 1.165) is 5.92 Å². The van der Waals surface area contributed by atoms with Gasteiger partial charge in [0.15, 0.2) is 0 Å². The molecule has 18 heavy (non-hydrogen) atoms. The fourth-order valence-electron chi connectivity index (χ4n) is 2.44. The maximum atomic E-state index is 3.60. The molecule has 104 valence electrons. The van der Waals surface area contributed by atoms with Crippen molar-refractivity contribution in [2.45, 2.75) is 85.5 Å². The predicted octanol–water partition coefficient (Wildman–Crippen LogP) is 5.81. The third-order valence-corrected chi connectivity index (χ3v) is 4.21. The summed E-state index contributed by atoms with van der Waals surface area (Å²) in [5, 5.41) is 0. The third kappa shape index (κ3) is 5.94. The normalized spacial score (nSPS) is 17.8. The summed E-state index contributed by atoms with van der Waals surface area (Å²) in [6.07, 6.45) is 12.3. The first-order chi connectivity index (χ1) is 8.54. The van der Waals surface area contributed by atoms with E-state index in [2.05, 4.69) is 39.5 Å². The van der Waals surface area contributed by atoms with E-state index in [1.807, 2.05) is 0 Å². The van der Waals surface area contributed by atoms with Crippen molar-refractivity contribution in [3.8, 4) is 11.8 Å². The van der Waals surface area contributed by atoms with Gasteiger partial charge in [-0.1, -0.05) is 78.1 Å². The van der Waals surface area contributed by atoms with Crippen molar-refractivity contribution in [1.29, 1.82) is 0 Å². The molecule has 0 aromatic rings. The topological polar surface area (TPSA) is 0 Å². The maximum Gasteiger partial charge on any atom is 0.0251 e. The molecule has 1 aliphatic rings. The van der Waals surface area contributed by atoms with Gasteiger partial charge in [0.25, 0.3) is 0 Å². The molecular weight excluding hydrogens is 216 g/mol. The molecule has 0 aliphatic heterocycles. The summed E-state index contributed by atoms with van der Waals surface area (Å²) in [4.78, 5) is 0. The Bertz CT molecular complexity index is 267. The first-order valence-corrected chi connectivity index (χ1v) is 8.05. The Morgan fingerprint density at radius 2 is 1.72 bits per heavy atom. The van der Waals surface area contributed by atoms with Gasteiger partial charge in [0.05, 0.1) is 0 Å². The average molecular weight is 248 g/mol. The van der Waals surface area contributed by atoms with Crippen LogP contribution in [0.25, 0.3) is 0 Å². The smallest absolute Gasteiger partial charge is 0.0251 e. The molecule has 1 saturated carbocycles. The average Bonchev–Trinajstić information content (AvgIpc) is 2.22. The Labute approximate surface area is 115 Å². The van der Waals surface area contributed by atoms with Crippen LogP contribution in [0.15, 0.2) is 0 Å². The summed E-state index contributed by atoms with van der Waals surface area (Å²) in [6.45, 7) is 9.32. The van der Waals surface area contributed by atoms with Crippen LogP contribution in [0.1, 0.15) is 85.5 Å². The van der Waals surface area contributed by atoms with E-state index in [1.54, 1.807) is 0 Å². The van der Waals surface area contributed by atoms with E-state index in [4.69, 9.17) is 0 Å². The zero-order valence-corrected chi connectivity index (χ0v) is 13.0. The number of unbranched alkanes of at least 4 members (excludes halogenated alkanes) is 4. The van der Waals surface area contributed by atoms with Gasteiger partial charge in [-0.05, 0) is 24.7 Å². The minimum absolute atomic E-state index is 0.349.